The van der Waals surface area contributed by atoms with Crippen molar-refractivity contribution in [1.82, 2.24) is 4.57 Å². The van der Waals surface area contributed by atoms with E-state index < -0.39 is 5.97 Å². The molecule has 0 radical (unpaired) electrons. The molecule has 5 nitrogen and oxygen atoms in total. The van der Waals surface area contributed by atoms with Gasteiger partial charge >= 0.3 is 5.97 Å². The average molecular weight is 415 g/mol. The van der Waals surface area contributed by atoms with Gasteiger partial charge in [0, 0.05) is 29.2 Å². The number of hydrogen-bond acceptors (Lipinski definition) is 4. The van der Waals surface area contributed by atoms with Crippen molar-refractivity contribution in [3.8, 4) is 6.07 Å². The molecule has 0 aliphatic rings. The summed E-state index contributed by atoms with van der Waals surface area (Å²) < 4.78 is 7.01. The molecule has 142 valence electrons. The van der Waals surface area contributed by atoms with Crippen LogP contribution in [-0.4, -0.2) is 22.9 Å². The van der Waals surface area contributed by atoms with Crippen LogP contribution < -0.4 is 0 Å². The number of hydrogen-bond donors (Lipinski definition) is 0. The normalized spacial score (nSPS) is 10.6. The van der Waals surface area contributed by atoms with Crippen molar-refractivity contribution in [2.24, 2.45) is 0 Å². The van der Waals surface area contributed by atoms with Crippen LogP contribution in [0.5, 0.6) is 0 Å². The van der Waals surface area contributed by atoms with Gasteiger partial charge in [-0.3, -0.25) is 9.59 Å². The van der Waals surface area contributed by atoms with Crippen LogP contribution in [0.4, 0.5) is 0 Å². The van der Waals surface area contributed by atoms with Gasteiger partial charge in [-0.25, -0.2) is 0 Å². The first-order valence-corrected chi connectivity index (χ1v) is 9.32. The van der Waals surface area contributed by atoms with Crippen LogP contribution in [0.2, 0.25) is 10.0 Å². The molecule has 0 aliphatic heterocycles. The van der Waals surface area contributed by atoms with Crippen LogP contribution in [0, 0.1) is 11.3 Å². The molecule has 0 fully saturated rings. The molecule has 3 rings (SSSR count). The molecule has 1 heterocycles. The highest BCUT2D eigenvalue weighted by molar-refractivity contribution is 6.42. The molecular weight excluding hydrogens is 399 g/mol. The lowest BCUT2D eigenvalue weighted by atomic mass is 10.1. The summed E-state index contributed by atoms with van der Waals surface area (Å²) in [6.45, 7) is 0.133. The van der Waals surface area contributed by atoms with E-state index in [0.29, 0.717) is 34.1 Å². The number of esters is 1. The van der Waals surface area contributed by atoms with Gasteiger partial charge in [0.25, 0.3) is 0 Å². The molecule has 0 N–H and O–H groups in total. The summed E-state index contributed by atoms with van der Waals surface area (Å²) in [7, 11) is 0. The molecule has 0 unspecified atom stereocenters. The van der Waals surface area contributed by atoms with E-state index in [0.717, 1.165) is 10.9 Å². The number of ether oxygens (including phenoxy) is 1. The molecule has 28 heavy (non-hydrogen) atoms. The second-order valence-corrected chi connectivity index (χ2v) is 6.98. The molecule has 0 amide bonds. The van der Waals surface area contributed by atoms with E-state index in [4.69, 9.17) is 33.2 Å². The van der Waals surface area contributed by atoms with Gasteiger partial charge in [0.1, 0.15) is 0 Å². The van der Waals surface area contributed by atoms with Gasteiger partial charge in [0.05, 0.1) is 29.0 Å². The van der Waals surface area contributed by atoms with E-state index in [1.165, 1.54) is 0 Å². The number of carbonyl (C=O) groups excluding carboxylic acids is 2. The largest absolute Gasteiger partial charge is 0.457 e. The summed E-state index contributed by atoms with van der Waals surface area (Å²) >= 11 is 11.8. The number of benzene rings is 2. The topological polar surface area (TPSA) is 72.1 Å². The Bertz CT molecular complexity index is 1080. The number of aromatic nitrogens is 1. The van der Waals surface area contributed by atoms with Gasteiger partial charge in [-0.05, 0) is 23.8 Å². The Hall–Kier alpha value is -2.81. The van der Waals surface area contributed by atoms with Gasteiger partial charge in [0.2, 0.25) is 5.78 Å². The maximum Gasteiger partial charge on any atom is 0.310 e. The fourth-order valence-corrected chi connectivity index (χ4v) is 3.24. The van der Waals surface area contributed by atoms with E-state index in [9.17, 15) is 9.59 Å². The highest BCUT2D eigenvalue weighted by Crippen LogP contribution is 2.24. The SMILES string of the molecule is N#CCCn1cc(C(=O)COC(=O)Cc2ccc(Cl)c(Cl)c2)c2ccccc21. The lowest BCUT2D eigenvalue weighted by Gasteiger charge is -2.05. The first-order chi connectivity index (χ1) is 13.5. The number of para-hydroxylation sites is 1. The smallest absolute Gasteiger partial charge is 0.310 e. The highest BCUT2D eigenvalue weighted by Gasteiger charge is 2.17. The molecule has 0 saturated carbocycles. The molecule has 0 bridgehead atoms. The number of carbonyl (C=O) groups is 2. The van der Waals surface area contributed by atoms with Gasteiger partial charge in [-0.2, -0.15) is 5.26 Å². The Balaban J connectivity index is 1.68. The van der Waals surface area contributed by atoms with Crippen LogP contribution in [-0.2, 0) is 22.5 Å². The molecular formula is C21H16Cl2N2O3. The second kappa shape index (κ2) is 8.92. The van der Waals surface area contributed by atoms with Crippen LogP contribution in [0.1, 0.15) is 22.3 Å². The molecule has 3 aromatic rings. The predicted octanol–water partition coefficient (Wildman–Crippen LogP) is 4.83. The van der Waals surface area contributed by atoms with Crippen molar-refractivity contribution >= 4 is 45.9 Å². The Kier molecular flexibility index (Phi) is 6.35. The molecule has 0 atom stereocenters. The summed E-state index contributed by atoms with van der Waals surface area (Å²) in [5.41, 5.74) is 1.99. The maximum absolute atomic E-state index is 12.6. The van der Waals surface area contributed by atoms with Crippen LogP contribution in [0.15, 0.2) is 48.7 Å². The zero-order valence-electron chi connectivity index (χ0n) is 14.8. The minimum absolute atomic E-state index is 0.00586. The van der Waals surface area contributed by atoms with Crippen molar-refractivity contribution in [3.05, 3.63) is 69.8 Å². The van der Waals surface area contributed by atoms with Crippen molar-refractivity contribution in [2.45, 2.75) is 19.4 Å². The van der Waals surface area contributed by atoms with Crippen LogP contribution >= 0.6 is 23.2 Å². The van der Waals surface area contributed by atoms with E-state index in [2.05, 4.69) is 6.07 Å². The summed E-state index contributed by atoms with van der Waals surface area (Å²) in [4.78, 5) is 24.7. The van der Waals surface area contributed by atoms with Crippen LogP contribution in [0.25, 0.3) is 10.9 Å². The monoisotopic (exact) mass is 414 g/mol. The number of rotatable bonds is 7. The molecule has 0 spiro atoms. The molecule has 0 saturated heterocycles. The first-order valence-electron chi connectivity index (χ1n) is 8.57. The minimum Gasteiger partial charge on any atom is -0.457 e. The highest BCUT2D eigenvalue weighted by atomic mass is 35.5. The lowest BCUT2D eigenvalue weighted by molar-refractivity contribution is -0.141. The lowest BCUT2D eigenvalue weighted by Crippen LogP contribution is -2.15. The molecule has 2 aromatic carbocycles. The zero-order chi connectivity index (χ0) is 20.1. The Morgan fingerprint density at radius 3 is 2.64 bits per heavy atom. The van der Waals surface area contributed by atoms with Crippen molar-refractivity contribution in [2.75, 3.05) is 6.61 Å². The summed E-state index contributed by atoms with van der Waals surface area (Å²) in [6.07, 6.45) is 2.04. The molecule has 0 aliphatic carbocycles. The first kappa shape index (κ1) is 19.9. The quantitative estimate of drug-likeness (QED) is 0.409. The second-order valence-electron chi connectivity index (χ2n) is 6.17. The van der Waals surface area contributed by atoms with E-state index >= 15 is 0 Å². The third-order valence-corrected chi connectivity index (χ3v) is 4.99. The maximum atomic E-state index is 12.6. The third-order valence-electron chi connectivity index (χ3n) is 4.25. The standard InChI is InChI=1S/C21H16Cl2N2O3/c22-17-7-6-14(10-18(17)23)11-21(27)28-13-20(26)16-12-25(9-3-8-24)19-5-2-1-4-15(16)19/h1-2,4-7,10,12H,3,9,11,13H2. The number of ketones is 1. The van der Waals surface area contributed by atoms with Gasteiger partial charge in [-0.15, -0.1) is 0 Å². The van der Waals surface area contributed by atoms with Gasteiger partial charge < -0.3 is 9.30 Å². The fraction of sp³-hybridized carbons (Fsp3) is 0.190. The van der Waals surface area contributed by atoms with Gasteiger partial charge in [-0.1, -0.05) is 47.5 Å². The Labute approximate surface area is 172 Å². The predicted molar refractivity (Wildman–Crippen MR) is 108 cm³/mol. The number of Topliss-reactive ketones (excluding diaryl/α,β-unsaturated/α-hetero) is 1. The minimum atomic E-state index is -0.528. The molecule has 7 heteroatoms. The van der Waals surface area contributed by atoms with Crippen molar-refractivity contribution < 1.29 is 14.3 Å². The fourth-order valence-electron chi connectivity index (χ4n) is 2.92. The number of nitriles is 1. The third kappa shape index (κ3) is 4.53. The Morgan fingerprint density at radius 1 is 1.11 bits per heavy atom. The number of nitrogens with zero attached hydrogens (tertiary/aromatic N) is 2. The van der Waals surface area contributed by atoms with Gasteiger partial charge in [0.15, 0.2) is 6.61 Å². The van der Waals surface area contributed by atoms with Crippen molar-refractivity contribution in [3.63, 3.8) is 0 Å². The average Bonchev–Trinajstić information content (AvgIpc) is 3.06. The van der Waals surface area contributed by atoms with Crippen LogP contribution in [0.3, 0.4) is 0 Å². The Morgan fingerprint density at radius 2 is 1.89 bits per heavy atom. The summed E-state index contributed by atoms with van der Waals surface area (Å²) in [6, 6.07) is 14.4. The van der Waals surface area contributed by atoms with E-state index in [-0.39, 0.29) is 18.8 Å². The number of aryl methyl sites for hydroxylation is 1. The zero-order valence-corrected chi connectivity index (χ0v) is 16.3. The molecule has 1 aromatic heterocycles. The summed E-state index contributed by atoms with van der Waals surface area (Å²) in [5.74, 6) is -0.825. The van der Waals surface area contributed by atoms with E-state index in [1.54, 1.807) is 24.4 Å². The summed E-state index contributed by atoms with van der Waals surface area (Å²) in [5, 5.41) is 10.3. The number of halogens is 2. The van der Waals surface area contributed by atoms with Crippen molar-refractivity contribution in [1.29, 1.82) is 5.26 Å². The number of fused-ring (bicyclic) bond motifs is 1. The van der Waals surface area contributed by atoms with E-state index in [1.807, 2.05) is 28.8 Å².